The molecule has 1 rings (SSSR count). The summed E-state index contributed by atoms with van der Waals surface area (Å²) < 4.78 is 4.39. The smallest absolute Gasteiger partial charge is 0.342 e. The van der Waals surface area contributed by atoms with Gasteiger partial charge in [-0.15, -0.1) is 0 Å². The number of hydrogen-bond acceptors (Lipinski definition) is 4. The van der Waals surface area contributed by atoms with E-state index in [4.69, 9.17) is 10.8 Å². The molecule has 1 aromatic carbocycles. The van der Waals surface area contributed by atoms with Crippen LogP contribution < -0.4 is 5.73 Å². The minimum absolute atomic E-state index is 0.185. The van der Waals surface area contributed by atoms with Gasteiger partial charge in [0.25, 0.3) is 0 Å². The van der Waals surface area contributed by atoms with Gasteiger partial charge in [0.2, 0.25) is 5.54 Å². The first-order chi connectivity index (χ1) is 7.03. The number of hydrogen-bond donors (Lipinski definition) is 2. The Hall–Kier alpha value is -1.88. The van der Waals surface area contributed by atoms with Gasteiger partial charge in [0.1, 0.15) is 0 Å². The molecule has 0 fully saturated rings. The zero-order chi connectivity index (χ0) is 11.5. The Bertz CT molecular complexity index is 376. The predicted molar refractivity (Wildman–Crippen MR) is 52.0 cm³/mol. The van der Waals surface area contributed by atoms with Gasteiger partial charge in [0.15, 0.2) is 0 Å². The molecule has 5 nitrogen and oxygen atoms in total. The van der Waals surface area contributed by atoms with E-state index in [1.54, 1.807) is 18.2 Å². The normalized spacial score (nSPS) is 14.0. The van der Waals surface area contributed by atoms with Crippen molar-refractivity contribution >= 4 is 11.9 Å². The summed E-state index contributed by atoms with van der Waals surface area (Å²) in [5, 5.41) is 8.96. The molecule has 15 heavy (non-hydrogen) atoms. The third-order valence-corrected chi connectivity index (χ3v) is 2.07. The number of methoxy groups -OCH3 is 1. The summed E-state index contributed by atoms with van der Waals surface area (Å²) in [5.41, 5.74) is 3.58. The van der Waals surface area contributed by atoms with E-state index >= 15 is 0 Å². The fourth-order valence-corrected chi connectivity index (χ4v) is 1.19. The molecular formula is C10H11NO4. The van der Waals surface area contributed by atoms with Crippen LogP contribution in [0, 0.1) is 0 Å². The van der Waals surface area contributed by atoms with E-state index < -0.39 is 17.5 Å². The van der Waals surface area contributed by atoms with E-state index in [9.17, 15) is 9.59 Å². The summed E-state index contributed by atoms with van der Waals surface area (Å²) >= 11 is 0. The minimum atomic E-state index is -2.14. The number of esters is 1. The Balaban J connectivity index is 3.25. The van der Waals surface area contributed by atoms with Crippen LogP contribution in [-0.4, -0.2) is 24.2 Å². The molecule has 0 aliphatic carbocycles. The number of carboxylic acid groups (broad SMARTS) is 1. The van der Waals surface area contributed by atoms with Crippen molar-refractivity contribution in [2.24, 2.45) is 5.73 Å². The summed E-state index contributed by atoms with van der Waals surface area (Å²) in [6.07, 6.45) is 0. The lowest BCUT2D eigenvalue weighted by atomic mass is 9.91. The average Bonchev–Trinajstić information content (AvgIpc) is 2.27. The van der Waals surface area contributed by atoms with Crippen molar-refractivity contribution in [3.05, 3.63) is 35.9 Å². The van der Waals surface area contributed by atoms with Crippen molar-refractivity contribution in [2.45, 2.75) is 5.54 Å². The maximum atomic E-state index is 11.3. The lowest BCUT2D eigenvalue weighted by molar-refractivity contribution is -0.159. The molecule has 0 unspecified atom stereocenters. The van der Waals surface area contributed by atoms with Crippen molar-refractivity contribution < 1.29 is 19.4 Å². The van der Waals surface area contributed by atoms with Crippen LogP contribution in [0.5, 0.6) is 0 Å². The topological polar surface area (TPSA) is 89.6 Å². The number of carbonyl (C=O) groups is 2. The molecule has 3 N–H and O–H groups in total. The maximum absolute atomic E-state index is 11.3. The molecule has 0 amide bonds. The summed E-state index contributed by atoms with van der Waals surface area (Å²) in [4.78, 5) is 22.3. The van der Waals surface area contributed by atoms with Crippen LogP contribution in [0.3, 0.4) is 0 Å². The van der Waals surface area contributed by atoms with Gasteiger partial charge in [-0.3, -0.25) is 0 Å². The molecule has 1 atom stereocenters. The molecule has 0 bridgehead atoms. The van der Waals surface area contributed by atoms with Crippen LogP contribution in [0.15, 0.2) is 30.3 Å². The third-order valence-electron chi connectivity index (χ3n) is 2.07. The lowest BCUT2D eigenvalue weighted by Gasteiger charge is -2.21. The van der Waals surface area contributed by atoms with Gasteiger partial charge in [-0.2, -0.15) is 0 Å². The fourth-order valence-electron chi connectivity index (χ4n) is 1.19. The molecule has 80 valence electrons. The first-order valence-corrected chi connectivity index (χ1v) is 4.19. The van der Waals surface area contributed by atoms with Gasteiger partial charge in [-0.25, -0.2) is 9.59 Å². The zero-order valence-corrected chi connectivity index (χ0v) is 8.14. The highest BCUT2D eigenvalue weighted by molar-refractivity contribution is 6.04. The van der Waals surface area contributed by atoms with Crippen LogP contribution >= 0.6 is 0 Å². The second-order valence-corrected chi connectivity index (χ2v) is 2.97. The molecule has 0 spiro atoms. The van der Waals surface area contributed by atoms with E-state index in [-0.39, 0.29) is 5.56 Å². The van der Waals surface area contributed by atoms with Crippen LogP contribution in [0.25, 0.3) is 0 Å². The van der Waals surface area contributed by atoms with Gasteiger partial charge in [-0.1, -0.05) is 30.3 Å². The second-order valence-electron chi connectivity index (χ2n) is 2.97. The number of nitrogens with two attached hydrogens (primary N) is 1. The van der Waals surface area contributed by atoms with Crippen LogP contribution in [-0.2, 0) is 19.9 Å². The fraction of sp³-hybridized carbons (Fsp3) is 0.200. The van der Waals surface area contributed by atoms with Gasteiger partial charge in [0, 0.05) is 0 Å². The van der Waals surface area contributed by atoms with Crippen molar-refractivity contribution in [1.82, 2.24) is 0 Å². The average molecular weight is 209 g/mol. The number of aliphatic carboxylic acids is 1. The van der Waals surface area contributed by atoms with Gasteiger partial charge in [0.05, 0.1) is 7.11 Å². The lowest BCUT2D eigenvalue weighted by Crippen LogP contribution is -2.52. The summed E-state index contributed by atoms with van der Waals surface area (Å²) in [7, 11) is 1.09. The standard InChI is InChI=1S/C10H11NO4/c1-15-9(14)10(11,8(12)13)7-5-3-2-4-6-7/h2-6H,11H2,1H3,(H,12,13)/t10-/m1/s1. The molecule has 5 heteroatoms. The summed E-state index contributed by atoms with van der Waals surface area (Å²) in [6, 6.07) is 7.82. The van der Waals surface area contributed by atoms with E-state index in [0.29, 0.717) is 0 Å². The molecule has 0 aliphatic rings. The monoisotopic (exact) mass is 209 g/mol. The number of carbonyl (C=O) groups excluding carboxylic acids is 1. The largest absolute Gasteiger partial charge is 0.479 e. The highest BCUT2D eigenvalue weighted by Gasteiger charge is 2.45. The summed E-state index contributed by atoms with van der Waals surface area (Å²) in [6.45, 7) is 0. The first-order valence-electron chi connectivity index (χ1n) is 4.19. The SMILES string of the molecule is COC(=O)[C@](N)(C(=O)O)c1ccccc1. The van der Waals surface area contributed by atoms with Crippen LogP contribution in [0.2, 0.25) is 0 Å². The molecule has 0 radical (unpaired) electrons. The van der Waals surface area contributed by atoms with Crippen LogP contribution in [0.4, 0.5) is 0 Å². The molecular weight excluding hydrogens is 198 g/mol. The molecule has 0 saturated carbocycles. The molecule has 0 aliphatic heterocycles. The Morgan fingerprint density at radius 2 is 1.87 bits per heavy atom. The van der Waals surface area contributed by atoms with Gasteiger partial charge >= 0.3 is 11.9 Å². The van der Waals surface area contributed by atoms with Gasteiger partial charge < -0.3 is 15.6 Å². The maximum Gasteiger partial charge on any atom is 0.342 e. The Kier molecular flexibility index (Phi) is 3.06. The Morgan fingerprint density at radius 3 is 2.27 bits per heavy atom. The van der Waals surface area contributed by atoms with Crippen molar-refractivity contribution in [1.29, 1.82) is 0 Å². The van der Waals surface area contributed by atoms with E-state index in [1.165, 1.54) is 12.1 Å². The molecule has 1 aromatic rings. The second kappa shape index (κ2) is 4.10. The van der Waals surface area contributed by atoms with Gasteiger partial charge in [-0.05, 0) is 5.56 Å². The molecule has 0 aromatic heterocycles. The summed E-state index contributed by atoms with van der Waals surface area (Å²) in [5.74, 6) is -2.44. The number of carboxylic acids is 1. The predicted octanol–water partition coefficient (Wildman–Crippen LogP) is 0.0982. The first kappa shape index (κ1) is 11.2. The Labute approximate surface area is 86.5 Å². The molecule has 0 heterocycles. The van der Waals surface area contributed by atoms with E-state index in [1.807, 2.05) is 0 Å². The van der Waals surface area contributed by atoms with E-state index in [2.05, 4.69) is 4.74 Å². The number of rotatable bonds is 3. The zero-order valence-electron chi connectivity index (χ0n) is 8.14. The van der Waals surface area contributed by atoms with Crippen LogP contribution in [0.1, 0.15) is 5.56 Å². The quantitative estimate of drug-likeness (QED) is 0.544. The van der Waals surface area contributed by atoms with Crippen molar-refractivity contribution in [3.8, 4) is 0 Å². The number of ether oxygens (including phenoxy) is 1. The molecule has 0 saturated heterocycles. The number of benzene rings is 1. The van der Waals surface area contributed by atoms with E-state index in [0.717, 1.165) is 7.11 Å². The highest BCUT2D eigenvalue weighted by atomic mass is 16.5. The van der Waals surface area contributed by atoms with Crippen molar-refractivity contribution in [2.75, 3.05) is 7.11 Å². The third kappa shape index (κ3) is 1.82. The Morgan fingerprint density at radius 1 is 1.33 bits per heavy atom. The highest BCUT2D eigenvalue weighted by Crippen LogP contribution is 2.19. The van der Waals surface area contributed by atoms with Crippen molar-refractivity contribution in [3.63, 3.8) is 0 Å². The minimum Gasteiger partial charge on any atom is -0.479 e.